The maximum absolute atomic E-state index is 3.86. The molecule has 0 spiro atoms. The second-order valence-corrected chi connectivity index (χ2v) is 5.21. The molecule has 1 aromatic carbocycles. The van der Waals surface area contributed by atoms with E-state index < -0.39 is 0 Å². The summed E-state index contributed by atoms with van der Waals surface area (Å²) in [5.41, 5.74) is 2.93. The second kappa shape index (κ2) is 8.78. The molecule has 0 aromatic heterocycles. The van der Waals surface area contributed by atoms with Crippen LogP contribution in [0.5, 0.6) is 0 Å². The molecule has 2 atom stereocenters. The molecule has 1 aliphatic heterocycles. The Balaban J connectivity index is 0.00000200. The van der Waals surface area contributed by atoms with Gasteiger partial charge in [-0.25, -0.2) is 0 Å². The van der Waals surface area contributed by atoms with Crippen molar-refractivity contribution in [3.05, 3.63) is 72.9 Å². The first kappa shape index (κ1) is 16.7. The van der Waals surface area contributed by atoms with E-state index in [0.29, 0.717) is 12.1 Å². The van der Waals surface area contributed by atoms with E-state index in [4.69, 9.17) is 0 Å². The molecular weight excluding hydrogens is 266 g/mol. The molecule has 1 heterocycles. The zero-order valence-electron chi connectivity index (χ0n) is 11.9. The summed E-state index contributed by atoms with van der Waals surface area (Å²) in [7, 11) is 0. The molecule has 108 valence electrons. The molecule has 0 bridgehead atoms. The molecule has 0 fully saturated rings. The van der Waals surface area contributed by atoms with Crippen molar-refractivity contribution >= 4 is 12.4 Å². The Morgan fingerprint density at radius 2 is 1.80 bits per heavy atom. The highest BCUT2D eigenvalue weighted by Crippen LogP contribution is 2.21. The molecule has 0 radical (unpaired) electrons. The monoisotopic (exact) mass is 289 g/mol. The van der Waals surface area contributed by atoms with Crippen LogP contribution in [0.3, 0.4) is 0 Å². The topological polar surface area (TPSA) is 12.0 Å². The minimum absolute atomic E-state index is 0. The molecule has 1 N–H and O–H groups in total. The van der Waals surface area contributed by atoms with Crippen LogP contribution < -0.4 is 5.32 Å². The van der Waals surface area contributed by atoms with Crippen molar-refractivity contribution in [1.29, 1.82) is 0 Å². The molecule has 0 saturated carbocycles. The number of benzene rings is 1. The highest BCUT2D eigenvalue weighted by atomic mass is 35.5. The Morgan fingerprint density at radius 3 is 2.45 bits per heavy atom. The van der Waals surface area contributed by atoms with E-state index in [1.165, 1.54) is 11.1 Å². The number of hydrogen-bond donors (Lipinski definition) is 1. The molecule has 1 nitrogen and oxygen atoms in total. The van der Waals surface area contributed by atoms with Crippen molar-refractivity contribution in [1.82, 2.24) is 5.32 Å². The fraction of sp³-hybridized carbons (Fsp3) is 0.333. The van der Waals surface area contributed by atoms with Crippen LogP contribution in [-0.2, 0) is 6.42 Å². The smallest absolute Gasteiger partial charge is 0.0289 e. The van der Waals surface area contributed by atoms with Gasteiger partial charge in [-0.15, -0.1) is 25.6 Å². The molecule has 0 aliphatic carbocycles. The van der Waals surface area contributed by atoms with Crippen molar-refractivity contribution in [2.24, 2.45) is 0 Å². The standard InChI is InChI=1S/C18H23N.ClH/c1-3-8-17-13-16(14-18(19-17)9-4-2)12-15-10-6-5-7-11-15;/h3-7,10-11,13,17-19H,1-2,8-9,12,14H2;1H/t17-,18-;/m1./s1. The molecule has 0 unspecified atom stereocenters. The van der Waals surface area contributed by atoms with Crippen LogP contribution in [0.4, 0.5) is 0 Å². The minimum Gasteiger partial charge on any atom is -0.307 e. The molecule has 2 rings (SSSR count). The molecule has 1 aliphatic rings. The molecule has 0 amide bonds. The van der Waals surface area contributed by atoms with Crippen LogP contribution in [0.1, 0.15) is 24.8 Å². The van der Waals surface area contributed by atoms with Gasteiger partial charge in [0, 0.05) is 12.1 Å². The zero-order valence-corrected chi connectivity index (χ0v) is 12.7. The highest BCUT2D eigenvalue weighted by Gasteiger charge is 2.19. The first-order valence-electron chi connectivity index (χ1n) is 7.03. The summed E-state index contributed by atoms with van der Waals surface area (Å²) in [5, 5.41) is 3.65. The second-order valence-electron chi connectivity index (χ2n) is 5.21. The van der Waals surface area contributed by atoms with Gasteiger partial charge in [0.05, 0.1) is 0 Å². The first-order valence-corrected chi connectivity index (χ1v) is 7.03. The average molecular weight is 290 g/mol. The van der Waals surface area contributed by atoms with E-state index in [-0.39, 0.29) is 12.4 Å². The summed E-state index contributed by atoms with van der Waals surface area (Å²) >= 11 is 0. The maximum Gasteiger partial charge on any atom is 0.0289 e. The van der Waals surface area contributed by atoms with Crippen LogP contribution in [0, 0.1) is 0 Å². The van der Waals surface area contributed by atoms with Crippen molar-refractivity contribution < 1.29 is 0 Å². The number of halogens is 1. The molecule has 0 saturated heterocycles. The van der Waals surface area contributed by atoms with Gasteiger partial charge in [0.2, 0.25) is 0 Å². The van der Waals surface area contributed by atoms with E-state index in [9.17, 15) is 0 Å². The molecular formula is C18H24ClN. The maximum atomic E-state index is 3.86. The molecule has 20 heavy (non-hydrogen) atoms. The fourth-order valence-corrected chi connectivity index (χ4v) is 2.74. The van der Waals surface area contributed by atoms with Crippen LogP contribution in [-0.4, -0.2) is 12.1 Å². The fourth-order valence-electron chi connectivity index (χ4n) is 2.74. The third-order valence-corrected chi connectivity index (χ3v) is 3.54. The summed E-state index contributed by atoms with van der Waals surface area (Å²) < 4.78 is 0. The molecule has 1 aromatic rings. The predicted octanol–water partition coefficient (Wildman–Crippen LogP) is 4.46. The number of rotatable bonds is 6. The van der Waals surface area contributed by atoms with Gasteiger partial charge >= 0.3 is 0 Å². The number of nitrogens with one attached hydrogen (secondary N) is 1. The van der Waals surface area contributed by atoms with Gasteiger partial charge in [0.15, 0.2) is 0 Å². The van der Waals surface area contributed by atoms with Crippen molar-refractivity contribution in [2.75, 3.05) is 0 Å². The van der Waals surface area contributed by atoms with E-state index in [2.05, 4.69) is 54.9 Å². The third-order valence-electron chi connectivity index (χ3n) is 3.54. The van der Waals surface area contributed by atoms with Crippen LogP contribution in [0.25, 0.3) is 0 Å². The minimum atomic E-state index is 0. The van der Waals surface area contributed by atoms with Gasteiger partial charge in [-0.1, -0.05) is 54.1 Å². The first-order chi connectivity index (χ1) is 9.31. The van der Waals surface area contributed by atoms with Gasteiger partial charge < -0.3 is 5.32 Å². The average Bonchev–Trinajstić information content (AvgIpc) is 2.40. The zero-order chi connectivity index (χ0) is 13.5. The predicted molar refractivity (Wildman–Crippen MR) is 90.4 cm³/mol. The van der Waals surface area contributed by atoms with Crippen LogP contribution in [0.15, 0.2) is 67.3 Å². The van der Waals surface area contributed by atoms with Gasteiger partial charge in [-0.3, -0.25) is 0 Å². The van der Waals surface area contributed by atoms with Crippen molar-refractivity contribution in [3.8, 4) is 0 Å². The van der Waals surface area contributed by atoms with Gasteiger partial charge in [-0.2, -0.15) is 0 Å². The van der Waals surface area contributed by atoms with Crippen LogP contribution >= 0.6 is 12.4 Å². The lowest BCUT2D eigenvalue weighted by Crippen LogP contribution is -2.40. The van der Waals surface area contributed by atoms with Gasteiger partial charge in [0.1, 0.15) is 0 Å². The quantitative estimate of drug-likeness (QED) is 0.763. The summed E-state index contributed by atoms with van der Waals surface area (Å²) in [6.07, 6.45) is 10.6. The summed E-state index contributed by atoms with van der Waals surface area (Å²) in [4.78, 5) is 0. The third kappa shape index (κ3) is 4.99. The lowest BCUT2D eigenvalue weighted by molar-refractivity contribution is 0.440. The SMILES string of the molecule is C=CC[C@@H]1CC(Cc2ccccc2)=C[C@@H](CC=C)N1.Cl. The van der Waals surface area contributed by atoms with Gasteiger partial charge in [-0.05, 0) is 31.2 Å². The normalized spacial score (nSPS) is 21.5. The highest BCUT2D eigenvalue weighted by molar-refractivity contribution is 5.85. The largest absolute Gasteiger partial charge is 0.307 e. The molecule has 2 heteroatoms. The lowest BCUT2D eigenvalue weighted by Gasteiger charge is -2.29. The van der Waals surface area contributed by atoms with E-state index >= 15 is 0 Å². The summed E-state index contributed by atoms with van der Waals surface area (Å²) in [5.74, 6) is 0. The summed E-state index contributed by atoms with van der Waals surface area (Å²) in [6.45, 7) is 7.70. The van der Waals surface area contributed by atoms with Crippen LogP contribution in [0.2, 0.25) is 0 Å². The number of hydrogen-bond acceptors (Lipinski definition) is 1. The van der Waals surface area contributed by atoms with E-state index in [1.807, 2.05) is 12.2 Å². The lowest BCUT2D eigenvalue weighted by atomic mass is 9.90. The Labute approximate surface area is 128 Å². The summed E-state index contributed by atoms with van der Waals surface area (Å²) in [6, 6.07) is 11.6. The Bertz CT molecular complexity index is 450. The van der Waals surface area contributed by atoms with E-state index in [1.54, 1.807) is 0 Å². The van der Waals surface area contributed by atoms with Crippen molar-refractivity contribution in [3.63, 3.8) is 0 Å². The Kier molecular flexibility index (Phi) is 7.35. The Hall–Kier alpha value is -1.31. The Morgan fingerprint density at radius 1 is 1.10 bits per heavy atom. The van der Waals surface area contributed by atoms with Gasteiger partial charge in [0.25, 0.3) is 0 Å². The van der Waals surface area contributed by atoms with Crippen molar-refractivity contribution in [2.45, 2.75) is 37.8 Å². The van der Waals surface area contributed by atoms with E-state index in [0.717, 1.165) is 25.7 Å².